The van der Waals surface area contributed by atoms with Gasteiger partial charge in [0.15, 0.2) is 0 Å². The number of rotatable bonds is 8. The lowest BCUT2D eigenvalue weighted by atomic mass is 10.1. The normalized spacial score (nSPS) is 9.71. The van der Waals surface area contributed by atoms with Crippen molar-refractivity contribution in [1.29, 1.82) is 0 Å². The molecule has 79 valence electrons. The van der Waals surface area contributed by atoms with E-state index in [1.165, 1.54) is 0 Å². The lowest BCUT2D eigenvalue weighted by molar-refractivity contribution is -0.137. The number of aliphatic carboxylic acids is 1. The van der Waals surface area contributed by atoms with Crippen LogP contribution in [0.2, 0.25) is 0 Å². The average Bonchev–Trinajstić information content (AvgIpc) is 2.09. The van der Waals surface area contributed by atoms with Crippen LogP contribution in [-0.4, -0.2) is 22.8 Å². The van der Waals surface area contributed by atoms with Gasteiger partial charge in [0.05, 0.1) is 0 Å². The minimum atomic E-state index is -1.14. The summed E-state index contributed by atoms with van der Waals surface area (Å²) in [5.41, 5.74) is 6.49. The molecule has 0 saturated carbocycles. The number of carboxylic acid groups (broad SMARTS) is 1. The van der Waals surface area contributed by atoms with Gasteiger partial charge in [-0.1, -0.05) is 12.8 Å². The smallest absolute Gasteiger partial charge is 0.305 e. The Bertz CT molecular complexity index is 225. The van der Waals surface area contributed by atoms with Gasteiger partial charge < -0.3 is 5.11 Å². The van der Waals surface area contributed by atoms with Crippen molar-refractivity contribution in [3.05, 3.63) is 0 Å². The fraction of sp³-hybridized carbons (Fsp3) is 0.667. The van der Waals surface area contributed by atoms with E-state index in [2.05, 4.69) is 0 Å². The quantitative estimate of drug-likeness (QED) is 0.462. The minimum Gasteiger partial charge on any atom is -0.481 e. The number of Topliss-reactive ketones (excluding diaryl/α,β-unsaturated/α-hetero) is 1. The third-order valence-electron chi connectivity index (χ3n) is 1.80. The Morgan fingerprint density at radius 1 is 0.929 bits per heavy atom. The molecule has 5 heteroatoms. The second kappa shape index (κ2) is 7.06. The lowest BCUT2D eigenvalue weighted by Crippen LogP contribution is -2.13. The molecule has 0 rings (SSSR count). The van der Waals surface area contributed by atoms with Gasteiger partial charge >= 0.3 is 11.9 Å². The summed E-state index contributed by atoms with van der Waals surface area (Å²) in [6.45, 7) is 0. The number of nitrogens with one attached hydrogen (secondary N) is 1. The van der Waals surface area contributed by atoms with Crippen LogP contribution < -0.4 is 5.73 Å². The number of unbranched alkanes of at least 4 members (excludes halogenated alkanes) is 3. The van der Waals surface area contributed by atoms with E-state index >= 15 is 0 Å². The average molecular weight is 200 g/mol. The summed E-state index contributed by atoms with van der Waals surface area (Å²) >= 11 is 0. The first-order chi connectivity index (χ1) is 6.54. The molecule has 2 N–H and O–H groups in total. The molecule has 0 aromatic heterocycles. The van der Waals surface area contributed by atoms with Crippen molar-refractivity contribution >= 4 is 17.7 Å². The van der Waals surface area contributed by atoms with E-state index in [-0.39, 0.29) is 12.8 Å². The molecule has 1 radical (unpaired) electrons. The zero-order chi connectivity index (χ0) is 11.0. The summed E-state index contributed by atoms with van der Waals surface area (Å²) in [5, 5.41) is 8.31. The van der Waals surface area contributed by atoms with E-state index in [9.17, 15) is 14.4 Å². The van der Waals surface area contributed by atoms with Crippen LogP contribution in [0.15, 0.2) is 0 Å². The zero-order valence-electron chi connectivity index (χ0n) is 7.91. The highest BCUT2D eigenvalue weighted by Crippen LogP contribution is 2.05. The van der Waals surface area contributed by atoms with Crippen LogP contribution in [0.1, 0.15) is 38.5 Å². The Hall–Kier alpha value is -1.39. The molecule has 0 unspecified atom stereocenters. The van der Waals surface area contributed by atoms with Gasteiger partial charge in [0.25, 0.3) is 0 Å². The zero-order valence-corrected chi connectivity index (χ0v) is 7.91. The SMILES string of the molecule is [NH]C(=O)C(=O)CCCCCCC(=O)O. The van der Waals surface area contributed by atoms with Gasteiger partial charge in [-0.15, -0.1) is 0 Å². The number of carbonyl (C=O) groups excluding carboxylic acids is 2. The summed E-state index contributed by atoms with van der Waals surface area (Å²) in [6, 6.07) is 0. The van der Waals surface area contributed by atoms with Crippen molar-refractivity contribution in [2.75, 3.05) is 0 Å². The molecule has 0 atom stereocenters. The Labute approximate surface area is 82.3 Å². The Morgan fingerprint density at radius 2 is 1.43 bits per heavy atom. The van der Waals surface area contributed by atoms with Gasteiger partial charge in [-0.2, -0.15) is 0 Å². The first-order valence-electron chi connectivity index (χ1n) is 4.54. The fourth-order valence-electron chi connectivity index (χ4n) is 1.03. The predicted octanol–water partition coefficient (Wildman–Crippen LogP) is 0.790. The van der Waals surface area contributed by atoms with Crippen LogP contribution in [0.25, 0.3) is 0 Å². The molecule has 14 heavy (non-hydrogen) atoms. The predicted molar refractivity (Wildman–Crippen MR) is 48.4 cm³/mol. The van der Waals surface area contributed by atoms with E-state index in [4.69, 9.17) is 10.8 Å². The third-order valence-corrected chi connectivity index (χ3v) is 1.80. The van der Waals surface area contributed by atoms with Gasteiger partial charge in [-0.05, 0) is 12.8 Å². The molecule has 5 nitrogen and oxygen atoms in total. The van der Waals surface area contributed by atoms with E-state index in [0.717, 1.165) is 12.8 Å². The summed E-state index contributed by atoms with van der Waals surface area (Å²) in [5.74, 6) is -2.62. The van der Waals surface area contributed by atoms with Crippen molar-refractivity contribution in [2.24, 2.45) is 0 Å². The van der Waals surface area contributed by atoms with Crippen molar-refractivity contribution in [2.45, 2.75) is 38.5 Å². The van der Waals surface area contributed by atoms with Gasteiger partial charge in [0.2, 0.25) is 5.78 Å². The summed E-state index contributed by atoms with van der Waals surface area (Å²) in [6.07, 6.45) is 2.88. The highest BCUT2D eigenvalue weighted by molar-refractivity contribution is 6.35. The van der Waals surface area contributed by atoms with Crippen LogP contribution in [0, 0.1) is 0 Å². The molecule has 1 amide bonds. The number of carbonyl (C=O) groups is 3. The summed E-state index contributed by atoms with van der Waals surface area (Å²) in [4.78, 5) is 31.0. The second-order valence-corrected chi connectivity index (χ2v) is 3.06. The molecule has 0 aliphatic heterocycles. The molecule has 0 saturated heterocycles. The van der Waals surface area contributed by atoms with Crippen molar-refractivity contribution in [1.82, 2.24) is 5.73 Å². The van der Waals surface area contributed by atoms with E-state index in [1.54, 1.807) is 0 Å². The molecule has 0 heterocycles. The van der Waals surface area contributed by atoms with Crippen LogP contribution in [0.4, 0.5) is 0 Å². The monoisotopic (exact) mass is 200 g/mol. The highest BCUT2D eigenvalue weighted by Gasteiger charge is 2.08. The summed E-state index contributed by atoms with van der Waals surface area (Å²) in [7, 11) is 0. The lowest BCUT2D eigenvalue weighted by Gasteiger charge is -1.97. The van der Waals surface area contributed by atoms with Crippen LogP contribution in [0.5, 0.6) is 0 Å². The third kappa shape index (κ3) is 7.27. The minimum absolute atomic E-state index is 0.107. The van der Waals surface area contributed by atoms with Crippen molar-refractivity contribution in [3.8, 4) is 0 Å². The largest absolute Gasteiger partial charge is 0.481 e. The maximum absolute atomic E-state index is 10.7. The number of amides is 1. The highest BCUT2D eigenvalue weighted by atomic mass is 16.4. The van der Waals surface area contributed by atoms with Gasteiger partial charge in [-0.25, -0.2) is 0 Å². The van der Waals surface area contributed by atoms with E-state index in [0.29, 0.717) is 12.8 Å². The van der Waals surface area contributed by atoms with Crippen LogP contribution in [-0.2, 0) is 14.4 Å². The molecule has 0 spiro atoms. The van der Waals surface area contributed by atoms with Crippen LogP contribution in [0.3, 0.4) is 0 Å². The molecule has 0 aliphatic carbocycles. The second-order valence-electron chi connectivity index (χ2n) is 3.06. The Kier molecular flexibility index (Phi) is 6.36. The molecule has 0 aromatic carbocycles. The van der Waals surface area contributed by atoms with Gasteiger partial charge in [-0.3, -0.25) is 20.1 Å². The Morgan fingerprint density at radius 3 is 1.86 bits per heavy atom. The number of ketones is 1. The van der Waals surface area contributed by atoms with Crippen LogP contribution >= 0.6 is 0 Å². The van der Waals surface area contributed by atoms with E-state index in [1.807, 2.05) is 0 Å². The van der Waals surface area contributed by atoms with Gasteiger partial charge in [0, 0.05) is 12.8 Å². The maximum Gasteiger partial charge on any atom is 0.305 e. The number of hydrogen-bond acceptors (Lipinski definition) is 3. The summed E-state index contributed by atoms with van der Waals surface area (Å²) < 4.78 is 0. The topological polar surface area (TPSA) is 95.2 Å². The van der Waals surface area contributed by atoms with Gasteiger partial charge in [0.1, 0.15) is 0 Å². The number of carboxylic acids is 1. The standard InChI is InChI=1S/C9H14NO4/c10-9(14)7(11)5-3-1-2-4-6-8(12)13/h10H,1-6H2,(H,12,13). The molecule has 0 aromatic rings. The molecule has 0 fully saturated rings. The van der Waals surface area contributed by atoms with Crippen molar-refractivity contribution in [3.63, 3.8) is 0 Å². The van der Waals surface area contributed by atoms with E-state index < -0.39 is 17.7 Å². The first kappa shape index (κ1) is 12.6. The fourth-order valence-corrected chi connectivity index (χ4v) is 1.03. The molecular formula is C9H14NO4. The molecule has 0 bridgehead atoms. The molecular weight excluding hydrogens is 186 g/mol. The maximum atomic E-state index is 10.7. The Balaban J connectivity index is 3.26. The number of hydrogen-bond donors (Lipinski definition) is 1. The molecule has 0 aliphatic rings. The van der Waals surface area contributed by atoms with Crippen molar-refractivity contribution < 1.29 is 19.5 Å². The first-order valence-corrected chi connectivity index (χ1v) is 4.54.